The first kappa shape index (κ1) is 17.8. The normalized spacial score (nSPS) is 25.0. The van der Waals surface area contributed by atoms with Crippen molar-refractivity contribution < 1.29 is 14.9 Å². The lowest BCUT2D eigenvalue weighted by molar-refractivity contribution is 0.0217. The third kappa shape index (κ3) is 4.55. The van der Waals surface area contributed by atoms with Crippen molar-refractivity contribution in [2.45, 2.75) is 45.0 Å². The Labute approximate surface area is 143 Å². The molecule has 0 saturated carbocycles. The minimum atomic E-state index is -0.317. The Balaban J connectivity index is 1.59. The predicted molar refractivity (Wildman–Crippen MR) is 90.7 cm³/mol. The third-order valence-electron chi connectivity index (χ3n) is 5.10. The Morgan fingerprint density at radius 3 is 2.79 bits per heavy atom. The molecule has 1 atom stereocenters. The number of hydrogen-bond donors (Lipinski definition) is 2. The first-order valence-electron chi connectivity index (χ1n) is 9.01. The summed E-state index contributed by atoms with van der Waals surface area (Å²) in [5.41, 5.74) is 2.18. The molecule has 7 heteroatoms. The van der Waals surface area contributed by atoms with Crippen LogP contribution in [-0.2, 0) is 17.8 Å². The molecule has 0 aliphatic carbocycles. The van der Waals surface area contributed by atoms with Gasteiger partial charge in [0.05, 0.1) is 24.9 Å². The van der Waals surface area contributed by atoms with E-state index in [1.165, 1.54) is 5.56 Å². The second-order valence-electron chi connectivity index (χ2n) is 6.95. The van der Waals surface area contributed by atoms with Crippen LogP contribution in [0.5, 0.6) is 0 Å². The van der Waals surface area contributed by atoms with Gasteiger partial charge in [0.1, 0.15) is 0 Å². The van der Waals surface area contributed by atoms with Gasteiger partial charge in [-0.2, -0.15) is 5.10 Å². The molecule has 1 aromatic rings. The van der Waals surface area contributed by atoms with E-state index in [0.717, 1.165) is 57.9 Å². The van der Waals surface area contributed by atoms with Crippen LogP contribution in [-0.4, -0.2) is 87.9 Å². The van der Waals surface area contributed by atoms with Gasteiger partial charge in [0, 0.05) is 63.7 Å². The van der Waals surface area contributed by atoms with E-state index in [-0.39, 0.29) is 12.7 Å². The fourth-order valence-corrected chi connectivity index (χ4v) is 3.78. The van der Waals surface area contributed by atoms with Gasteiger partial charge in [-0.1, -0.05) is 0 Å². The van der Waals surface area contributed by atoms with Gasteiger partial charge in [-0.15, -0.1) is 0 Å². The van der Waals surface area contributed by atoms with Crippen LogP contribution in [0.3, 0.4) is 0 Å². The van der Waals surface area contributed by atoms with Crippen molar-refractivity contribution in [3.8, 4) is 0 Å². The number of aliphatic hydroxyl groups is 2. The highest BCUT2D eigenvalue weighted by molar-refractivity contribution is 5.15. The molecule has 1 aromatic heterocycles. The Morgan fingerprint density at radius 1 is 1.25 bits per heavy atom. The molecule has 0 unspecified atom stereocenters. The maximum absolute atomic E-state index is 10.4. The first-order valence-corrected chi connectivity index (χ1v) is 9.01. The van der Waals surface area contributed by atoms with Crippen molar-refractivity contribution in [3.05, 3.63) is 17.5 Å². The van der Waals surface area contributed by atoms with Crippen LogP contribution in [0.2, 0.25) is 0 Å². The maximum Gasteiger partial charge on any atom is 0.0794 e. The van der Waals surface area contributed by atoms with Crippen LogP contribution < -0.4 is 0 Å². The van der Waals surface area contributed by atoms with Gasteiger partial charge >= 0.3 is 0 Å². The second kappa shape index (κ2) is 8.40. The van der Waals surface area contributed by atoms with E-state index >= 15 is 0 Å². The fraction of sp³-hybridized carbons (Fsp3) is 0.824. The molecule has 2 aliphatic heterocycles. The molecular formula is C17H30N4O3. The summed E-state index contributed by atoms with van der Waals surface area (Å²) in [7, 11) is 0. The molecule has 2 aliphatic rings. The lowest BCUT2D eigenvalue weighted by Crippen LogP contribution is -2.43. The molecule has 0 radical (unpaired) electrons. The number of β-amino-alcohol motifs (C(OH)–C–C–N with tert-alkyl or cyclic N) is 1. The summed E-state index contributed by atoms with van der Waals surface area (Å²) >= 11 is 0. The van der Waals surface area contributed by atoms with Gasteiger partial charge in [0.15, 0.2) is 0 Å². The molecule has 24 heavy (non-hydrogen) atoms. The maximum atomic E-state index is 10.4. The Kier molecular flexibility index (Phi) is 6.24. The van der Waals surface area contributed by atoms with Gasteiger partial charge in [-0.25, -0.2) is 0 Å². The SMILES string of the molecule is Cc1nn(CCO)cc1CN1CCN(C2CCOCC2)C[C@@H](O)C1. The zero-order chi connectivity index (χ0) is 16.9. The third-order valence-corrected chi connectivity index (χ3v) is 5.10. The molecule has 0 aromatic carbocycles. The largest absolute Gasteiger partial charge is 0.394 e. The highest BCUT2D eigenvalue weighted by atomic mass is 16.5. The molecule has 3 heterocycles. The van der Waals surface area contributed by atoms with E-state index in [1.54, 1.807) is 4.68 Å². The minimum Gasteiger partial charge on any atom is -0.394 e. The average molecular weight is 338 g/mol. The molecule has 136 valence electrons. The molecule has 2 saturated heterocycles. The van der Waals surface area contributed by atoms with Crippen LogP contribution >= 0.6 is 0 Å². The summed E-state index contributed by atoms with van der Waals surface area (Å²) in [6, 6.07) is 0.544. The summed E-state index contributed by atoms with van der Waals surface area (Å²) in [6.07, 6.45) is 3.83. The van der Waals surface area contributed by atoms with Gasteiger partial charge in [-0.3, -0.25) is 14.5 Å². The van der Waals surface area contributed by atoms with Crippen LogP contribution in [0.15, 0.2) is 6.20 Å². The van der Waals surface area contributed by atoms with Gasteiger partial charge < -0.3 is 14.9 Å². The molecule has 0 bridgehead atoms. The number of aryl methyl sites for hydroxylation is 1. The van der Waals surface area contributed by atoms with Gasteiger partial charge in [-0.05, 0) is 19.8 Å². The van der Waals surface area contributed by atoms with Crippen LogP contribution in [0.4, 0.5) is 0 Å². The van der Waals surface area contributed by atoms with E-state index < -0.39 is 0 Å². The monoisotopic (exact) mass is 338 g/mol. The van der Waals surface area contributed by atoms with Gasteiger partial charge in [0.25, 0.3) is 0 Å². The Morgan fingerprint density at radius 2 is 2.04 bits per heavy atom. The molecule has 0 amide bonds. The summed E-state index contributed by atoms with van der Waals surface area (Å²) < 4.78 is 7.26. The second-order valence-corrected chi connectivity index (χ2v) is 6.95. The molecular weight excluding hydrogens is 308 g/mol. The van der Waals surface area contributed by atoms with Crippen molar-refractivity contribution in [1.82, 2.24) is 19.6 Å². The zero-order valence-electron chi connectivity index (χ0n) is 14.6. The van der Waals surface area contributed by atoms with Crippen molar-refractivity contribution in [3.63, 3.8) is 0 Å². The lowest BCUT2D eigenvalue weighted by Gasteiger charge is -2.33. The van der Waals surface area contributed by atoms with Gasteiger partial charge in [0.2, 0.25) is 0 Å². The Hall–Kier alpha value is -0.990. The lowest BCUT2D eigenvalue weighted by atomic mass is 10.1. The number of hydrogen-bond acceptors (Lipinski definition) is 6. The molecule has 0 spiro atoms. The standard InChI is InChI=1S/C17H30N4O3/c1-14-15(11-21(18-14)6-7-22)10-19-4-5-20(13-17(23)12-19)16-2-8-24-9-3-16/h11,16-17,22-23H,2-10,12-13H2,1H3/t17-/m0/s1. The number of aliphatic hydroxyl groups excluding tert-OH is 2. The first-order chi connectivity index (χ1) is 11.7. The van der Waals surface area contributed by atoms with Crippen molar-refractivity contribution in [2.75, 3.05) is 46.0 Å². The topological polar surface area (TPSA) is 74.0 Å². The summed E-state index contributed by atoms with van der Waals surface area (Å²) in [5, 5.41) is 23.9. The average Bonchev–Trinajstić information content (AvgIpc) is 2.80. The molecule has 7 nitrogen and oxygen atoms in total. The van der Waals surface area contributed by atoms with E-state index in [4.69, 9.17) is 9.84 Å². The summed E-state index contributed by atoms with van der Waals surface area (Å²) in [6.45, 7) is 8.51. The highest BCUT2D eigenvalue weighted by Crippen LogP contribution is 2.18. The molecule has 3 rings (SSSR count). The molecule has 2 fully saturated rings. The Bertz CT molecular complexity index is 516. The number of aromatic nitrogens is 2. The predicted octanol–water partition coefficient (Wildman–Crippen LogP) is -0.159. The minimum absolute atomic E-state index is 0.100. The van der Waals surface area contributed by atoms with Crippen molar-refractivity contribution in [2.24, 2.45) is 0 Å². The van der Waals surface area contributed by atoms with E-state index in [2.05, 4.69) is 14.9 Å². The van der Waals surface area contributed by atoms with Crippen LogP contribution in [0, 0.1) is 6.92 Å². The van der Waals surface area contributed by atoms with Crippen LogP contribution in [0.1, 0.15) is 24.1 Å². The quantitative estimate of drug-likeness (QED) is 0.777. The smallest absolute Gasteiger partial charge is 0.0794 e. The zero-order valence-corrected chi connectivity index (χ0v) is 14.6. The van der Waals surface area contributed by atoms with E-state index in [9.17, 15) is 5.11 Å². The molecule has 2 N–H and O–H groups in total. The summed E-state index contributed by atoms with van der Waals surface area (Å²) in [4.78, 5) is 4.76. The van der Waals surface area contributed by atoms with E-state index in [0.29, 0.717) is 19.1 Å². The fourth-order valence-electron chi connectivity index (χ4n) is 3.78. The van der Waals surface area contributed by atoms with Crippen LogP contribution in [0.25, 0.3) is 0 Å². The number of nitrogens with zero attached hydrogens (tertiary/aromatic N) is 4. The highest BCUT2D eigenvalue weighted by Gasteiger charge is 2.27. The summed E-state index contributed by atoms with van der Waals surface area (Å²) in [5.74, 6) is 0. The van der Waals surface area contributed by atoms with Crippen molar-refractivity contribution in [1.29, 1.82) is 0 Å². The van der Waals surface area contributed by atoms with E-state index in [1.807, 2.05) is 13.1 Å². The number of rotatable bonds is 5. The van der Waals surface area contributed by atoms with Crippen molar-refractivity contribution >= 4 is 0 Å². The number of ether oxygens (including phenoxy) is 1.